The van der Waals surface area contributed by atoms with Crippen molar-refractivity contribution < 1.29 is 4.79 Å². The van der Waals surface area contributed by atoms with E-state index in [0.29, 0.717) is 18.0 Å². The summed E-state index contributed by atoms with van der Waals surface area (Å²) in [6.45, 7) is 2.59. The highest BCUT2D eigenvalue weighted by Crippen LogP contribution is 2.31. The van der Waals surface area contributed by atoms with Crippen molar-refractivity contribution in [2.24, 2.45) is 5.92 Å². The molecule has 1 aromatic heterocycles. The first-order valence-corrected chi connectivity index (χ1v) is 7.27. The fourth-order valence-corrected chi connectivity index (χ4v) is 3.81. The van der Waals surface area contributed by atoms with Crippen LogP contribution in [-0.2, 0) is 0 Å². The summed E-state index contributed by atoms with van der Waals surface area (Å²) in [5, 5.41) is 2.84. The molecular formula is C9H10Br2ClNOS. The molecule has 1 amide bonds. The Kier molecular flexibility index (Phi) is 5.60. The molecule has 1 unspecified atom stereocenters. The molecule has 1 N–H and O–H groups in total. The highest BCUT2D eigenvalue weighted by molar-refractivity contribution is 9.12. The molecule has 0 aliphatic rings. The Hall–Kier alpha value is 0.420. The van der Waals surface area contributed by atoms with Gasteiger partial charge in [-0.1, -0.05) is 6.92 Å². The molecule has 15 heavy (non-hydrogen) atoms. The van der Waals surface area contributed by atoms with Crippen LogP contribution in [0.4, 0.5) is 0 Å². The van der Waals surface area contributed by atoms with Crippen molar-refractivity contribution in [3.8, 4) is 0 Å². The molecule has 0 bridgehead atoms. The fourth-order valence-electron chi connectivity index (χ4n) is 0.912. The maximum absolute atomic E-state index is 11.7. The normalized spacial score (nSPS) is 12.5. The van der Waals surface area contributed by atoms with Gasteiger partial charge >= 0.3 is 0 Å². The first-order valence-electron chi connectivity index (χ1n) is 4.33. The van der Waals surface area contributed by atoms with Crippen molar-refractivity contribution in [1.82, 2.24) is 5.32 Å². The van der Waals surface area contributed by atoms with Crippen LogP contribution in [0.25, 0.3) is 0 Å². The molecule has 1 atom stereocenters. The lowest BCUT2D eigenvalue weighted by atomic mass is 10.2. The zero-order valence-electron chi connectivity index (χ0n) is 8.02. The smallest absolute Gasteiger partial charge is 0.253 e. The summed E-state index contributed by atoms with van der Waals surface area (Å²) in [4.78, 5) is 11.7. The number of carbonyl (C=O) groups excluding carboxylic acids is 1. The Balaban J connectivity index is 2.58. The molecular weight excluding hydrogens is 365 g/mol. The maximum atomic E-state index is 11.7. The standard InChI is InChI=1S/C9H10Br2ClNOS/c1-5(3-12)4-13-9(14)6-2-7(10)15-8(6)11/h2,5H,3-4H2,1H3,(H,13,14). The van der Waals surface area contributed by atoms with Crippen LogP contribution in [0.1, 0.15) is 17.3 Å². The average Bonchev–Trinajstić information content (AvgIpc) is 2.53. The van der Waals surface area contributed by atoms with E-state index in [2.05, 4.69) is 37.2 Å². The molecule has 0 aromatic carbocycles. The summed E-state index contributed by atoms with van der Waals surface area (Å²) in [7, 11) is 0. The van der Waals surface area contributed by atoms with E-state index >= 15 is 0 Å². The molecule has 1 aromatic rings. The number of thiophene rings is 1. The highest BCUT2D eigenvalue weighted by Gasteiger charge is 2.13. The number of hydrogen-bond donors (Lipinski definition) is 1. The van der Waals surface area contributed by atoms with Gasteiger partial charge in [-0.3, -0.25) is 4.79 Å². The second-order valence-electron chi connectivity index (χ2n) is 3.21. The van der Waals surface area contributed by atoms with E-state index in [0.717, 1.165) is 7.57 Å². The Morgan fingerprint density at radius 1 is 1.67 bits per heavy atom. The molecule has 0 saturated carbocycles. The number of alkyl halides is 1. The van der Waals surface area contributed by atoms with Crippen molar-refractivity contribution in [1.29, 1.82) is 0 Å². The Bertz CT molecular complexity index is 356. The van der Waals surface area contributed by atoms with Gasteiger partial charge in [0.2, 0.25) is 0 Å². The zero-order valence-corrected chi connectivity index (χ0v) is 12.8. The van der Waals surface area contributed by atoms with Gasteiger partial charge in [-0.2, -0.15) is 0 Å². The molecule has 0 saturated heterocycles. The molecule has 0 aliphatic heterocycles. The average molecular weight is 376 g/mol. The monoisotopic (exact) mass is 373 g/mol. The van der Waals surface area contributed by atoms with Crippen molar-refractivity contribution in [3.63, 3.8) is 0 Å². The molecule has 6 heteroatoms. The largest absolute Gasteiger partial charge is 0.352 e. The second kappa shape index (κ2) is 6.23. The van der Waals surface area contributed by atoms with E-state index in [1.807, 2.05) is 6.92 Å². The van der Waals surface area contributed by atoms with Crippen LogP contribution in [0.5, 0.6) is 0 Å². The third kappa shape index (κ3) is 4.06. The van der Waals surface area contributed by atoms with Gasteiger partial charge in [0.1, 0.15) is 0 Å². The van der Waals surface area contributed by atoms with Gasteiger partial charge in [0, 0.05) is 12.4 Å². The molecule has 0 aliphatic carbocycles. The number of amides is 1. The van der Waals surface area contributed by atoms with Crippen LogP contribution in [0.2, 0.25) is 0 Å². The summed E-state index contributed by atoms with van der Waals surface area (Å²) in [5.41, 5.74) is 0.661. The fraction of sp³-hybridized carbons (Fsp3) is 0.444. The minimum Gasteiger partial charge on any atom is -0.352 e. The first kappa shape index (κ1) is 13.5. The van der Waals surface area contributed by atoms with E-state index in [4.69, 9.17) is 11.6 Å². The van der Waals surface area contributed by atoms with Crippen LogP contribution in [0.15, 0.2) is 13.6 Å². The number of halogens is 3. The topological polar surface area (TPSA) is 29.1 Å². The molecule has 1 heterocycles. The predicted molar refractivity (Wildman–Crippen MR) is 71.9 cm³/mol. The van der Waals surface area contributed by atoms with Gasteiger partial charge in [-0.05, 0) is 43.8 Å². The molecule has 2 nitrogen and oxygen atoms in total. The van der Waals surface area contributed by atoms with E-state index < -0.39 is 0 Å². The SMILES string of the molecule is CC(CCl)CNC(=O)c1cc(Br)sc1Br. The number of carbonyl (C=O) groups is 1. The molecule has 84 valence electrons. The lowest BCUT2D eigenvalue weighted by molar-refractivity contribution is 0.0949. The van der Waals surface area contributed by atoms with Crippen molar-refractivity contribution in [2.45, 2.75) is 6.92 Å². The van der Waals surface area contributed by atoms with Gasteiger partial charge in [0.05, 0.1) is 13.1 Å². The Morgan fingerprint density at radius 3 is 2.80 bits per heavy atom. The summed E-state index contributed by atoms with van der Waals surface area (Å²) in [5.74, 6) is 0.770. The number of rotatable bonds is 4. The van der Waals surface area contributed by atoms with Crippen LogP contribution >= 0.6 is 54.8 Å². The number of hydrogen-bond acceptors (Lipinski definition) is 2. The van der Waals surface area contributed by atoms with Crippen LogP contribution in [-0.4, -0.2) is 18.3 Å². The minimum atomic E-state index is -0.0687. The molecule has 0 radical (unpaired) electrons. The van der Waals surface area contributed by atoms with Crippen LogP contribution in [0, 0.1) is 5.92 Å². The van der Waals surface area contributed by atoms with E-state index in [-0.39, 0.29) is 11.8 Å². The Morgan fingerprint density at radius 2 is 2.33 bits per heavy atom. The molecule has 1 rings (SSSR count). The van der Waals surface area contributed by atoms with Crippen molar-refractivity contribution >= 4 is 60.7 Å². The van der Waals surface area contributed by atoms with E-state index in [1.165, 1.54) is 11.3 Å². The number of nitrogens with one attached hydrogen (secondary N) is 1. The van der Waals surface area contributed by atoms with Crippen molar-refractivity contribution in [2.75, 3.05) is 12.4 Å². The van der Waals surface area contributed by atoms with Crippen LogP contribution < -0.4 is 5.32 Å². The first-order chi connectivity index (χ1) is 7.04. The molecule has 0 fully saturated rings. The van der Waals surface area contributed by atoms with Gasteiger partial charge in [0.15, 0.2) is 0 Å². The summed E-state index contributed by atoms with van der Waals surface area (Å²) in [6.07, 6.45) is 0. The predicted octanol–water partition coefficient (Wildman–Crippen LogP) is 3.88. The minimum absolute atomic E-state index is 0.0687. The summed E-state index contributed by atoms with van der Waals surface area (Å²) in [6, 6.07) is 1.80. The maximum Gasteiger partial charge on any atom is 0.253 e. The zero-order chi connectivity index (χ0) is 11.4. The lowest BCUT2D eigenvalue weighted by Crippen LogP contribution is -2.28. The van der Waals surface area contributed by atoms with Crippen molar-refractivity contribution in [3.05, 3.63) is 19.2 Å². The van der Waals surface area contributed by atoms with Gasteiger partial charge in [0.25, 0.3) is 5.91 Å². The quantitative estimate of drug-likeness (QED) is 0.795. The highest BCUT2D eigenvalue weighted by atomic mass is 79.9. The van der Waals surface area contributed by atoms with E-state index in [1.54, 1.807) is 6.07 Å². The van der Waals surface area contributed by atoms with E-state index in [9.17, 15) is 4.79 Å². The Labute approximate surface area is 115 Å². The lowest BCUT2D eigenvalue weighted by Gasteiger charge is -2.08. The van der Waals surface area contributed by atoms with Gasteiger partial charge in [-0.25, -0.2) is 0 Å². The van der Waals surface area contributed by atoms with Gasteiger partial charge in [-0.15, -0.1) is 22.9 Å². The third-order valence-corrected chi connectivity index (χ3v) is 4.64. The molecule has 0 spiro atoms. The summed E-state index contributed by atoms with van der Waals surface area (Å²) < 4.78 is 1.77. The second-order valence-corrected chi connectivity index (χ2v) is 7.27. The third-order valence-electron chi connectivity index (χ3n) is 1.78. The van der Waals surface area contributed by atoms with Crippen LogP contribution in [0.3, 0.4) is 0 Å². The van der Waals surface area contributed by atoms with Gasteiger partial charge < -0.3 is 5.32 Å². The summed E-state index contributed by atoms with van der Waals surface area (Å²) >= 11 is 13.8.